The summed E-state index contributed by atoms with van der Waals surface area (Å²) in [4.78, 5) is 34.1. The monoisotopic (exact) mass is 465 g/mol. The molecule has 4 aromatic rings. The van der Waals surface area contributed by atoms with Crippen LogP contribution in [0.3, 0.4) is 0 Å². The van der Waals surface area contributed by atoms with Crippen molar-refractivity contribution in [1.82, 2.24) is 9.88 Å². The molecular formula is C24H23N3O3S2. The zero-order valence-corrected chi connectivity index (χ0v) is 19.5. The van der Waals surface area contributed by atoms with Crippen LogP contribution in [0.15, 0.2) is 42.5 Å². The maximum absolute atomic E-state index is 12.3. The van der Waals surface area contributed by atoms with Crippen LogP contribution in [0.5, 0.6) is 0 Å². The average Bonchev–Trinajstić information content (AvgIpc) is 3.47. The first kappa shape index (κ1) is 21.1. The van der Waals surface area contributed by atoms with E-state index in [1.165, 1.54) is 33.4 Å². The van der Waals surface area contributed by atoms with Crippen LogP contribution < -0.4 is 5.32 Å². The molecule has 164 valence electrons. The Morgan fingerprint density at radius 3 is 2.72 bits per heavy atom. The molecule has 1 aromatic carbocycles. The van der Waals surface area contributed by atoms with Gasteiger partial charge in [-0.15, -0.1) is 22.7 Å². The largest absolute Gasteiger partial charge is 0.465 e. The topological polar surface area (TPSA) is 71.5 Å². The van der Waals surface area contributed by atoms with Gasteiger partial charge in [0.05, 0.1) is 18.5 Å². The Morgan fingerprint density at radius 1 is 1.16 bits per heavy atom. The number of ether oxygens (including phenoxy) is 1. The smallest absolute Gasteiger partial charge is 0.350 e. The Labute approximate surface area is 193 Å². The van der Waals surface area contributed by atoms with E-state index >= 15 is 0 Å². The van der Waals surface area contributed by atoms with Gasteiger partial charge in [-0.05, 0) is 49.5 Å². The number of methoxy groups -OCH3 is 1. The number of amides is 1. The van der Waals surface area contributed by atoms with Gasteiger partial charge in [0.25, 0.3) is 0 Å². The van der Waals surface area contributed by atoms with E-state index in [1.807, 2.05) is 23.5 Å². The van der Waals surface area contributed by atoms with E-state index < -0.39 is 5.97 Å². The standard InChI is InChI=1S/C24H23N3O3S2/c1-27(13-17-11-15-5-3-4-6-19(15)31-17)12-16-9-10-18-20(26-22(28)14-7-8-14)21(24(29)30-2)32-23(18)25-16/h3-6,9-11,14H,7-8,12-13H2,1-2H3,(H,26,28). The Hall–Kier alpha value is -2.81. The molecule has 1 N–H and O–H groups in total. The number of thiophene rings is 2. The van der Waals surface area contributed by atoms with Crippen LogP contribution in [0.25, 0.3) is 20.3 Å². The SMILES string of the molecule is COC(=O)c1sc2nc(CN(C)Cc3cc4ccccc4s3)ccc2c1NC(=O)C1CC1. The molecule has 3 aromatic heterocycles. The summed E-state index contributed by atoms with van der Waals surface area (Å²) in [6.45, 7) is 1.51. The summed E-state index contributed by atoms with van der Waals surface area (Å²) in [6.07, 6.45) is 1.80. The number of nitrogens with zero attached hydrogens (tertiary/aromatic N) is 2. The molecule has 1 aliphatic carbocycles. The molecule has 0 aliphatic heterocycles. The highest BCUT2D eigenvalue weighted by Gasteiger charge is 2.31. The number of pyridine rings is 1. The van der Waals surface area contributed by atoms with Crippen molar-refractivity contribution in [3.05, 3.63) is 57.9 Å². The van der Waals surface area contributed by atoms with Crippen molar-refractivity contribution in [2.45, 2.75) is 25.9 Å². The summed E-state index contributed by atoms with van der Waals surface area (Å²) >= 11 is 3.07. The quantitative estimate of drug-likeness (QED) is 0.376. The fourth-order valence-corrected chi connectivity index (χ4v) is 5.96. The van der Waals surface area contributed by atoms with Gasteiger partial charge in [0.1, 0.15) is 9.71 Å². The summed E-state index contributed by atoms with van der Waals surface area (Å²) in [5, 5.41) is 4.99. The second-order valence-corrected chi connectivity index (χ2v) is 10.3. The van der Waals surface area contributed by atoms with Crippen LogP contribution in [0, 0.1) is 5.92 Å². The van der Waals surface area contributed by atoms with Gasteiger partial charge in [-0.1, -0.05) is 18.2 Å². The van der Waals surface area contributed by atoms with Crippen molar-refractivity contribution in [3.63, 3.8) is 0 Å². The third-order valence-corrected chi connectivity index (χ3v) is 7.69. The molecule has 0 spiro atoms. The molecule has 1 fully saturated rings. The normalized spacial score (nSPS) is 13.7. The molecule has 1 amide bonds. The first-order chi connectivity index (χ1) is 15.5. The van der Waals surface area contributed by atoms with E-state index in [2.05, 4.69) is 47.6 Å². The molecule has 8 heteroatoms. The fourth-order valence-electron chi connectivity index (χ4n) is 3.75. The molecule has 0 radical (unpaired) electrons. The zero-order chi connectivity index (χ0) is 22.2. The third kappa shape index (κ3) is 4.26. The number of nitrogens with one attached hydrogen (secondary N) is 1. The molecule has 0 bridgehead atoms. The number of hydrogen-bond donors (Lipinski definition) is 1. The van der Waals surface area contributed by atoms with E-state index in [4.69, 9.17) is 9.72 Å². The molecule has 0 saturated heterocycles. The zero-order valence-electron chi connectivity index (χ0n) is 17.9. The first-order valence-corrected chi connectivity index (χ1v) is 12.1. The van der Waals surface area contributed by atoms with E-state index in [9.17, 15) is 9.59 Å². The number of benzene rings is 1. The molecule has 6 nitrogen and oxygen atoms in total. The molecule has 5 rings (SSSR count). The van der Waals surface area contributed by atoms with E-state index in [0.717, 1.165) is 35.3 Å². The van der Waals surface area contributed by atoms with Crippen LogP contribution in [0.4, 0.5) is 5.69 Å². The minimum Gasteiger partial charge on any atom is -0.465 e. The molecule has 32 heavy (non-hydrogen) atoms. The van der Waals surface area contributed by atoms with Gasteiger partial charge in [-0.3, -0.25) is 9.69 Å². The number of hydrogen-bond acceptors (Lipinski definition) is 7. The highest BCUT2D eigenvalue weighted by Crippen LogP contribution is 2.38. The Morgan fingerprint density at radius 2 is 1.97 bits per heavy atom. The van der Waals surface area contributed by atoms with Crippen molar-refractivity contribution >= 4 is 60.5 Å². The van der Waals surface area contributed by atoms with Crippen LogP contribution in [0.1, 0.15) is 33.1 Å². The lowest BCUT2D eigenvalue weighted by Gasteiger charge is -2.15. The molecule has 0 unspecified atom stereocenters. The molecular weight excluding hydrogens is 442 g/mol. The molecule has 0 atom stereocenters. The van der Waals surface area contributed by atoms with Crippen molar-refractivity contribution in [3.8, 4) is 0 Å². The predicted molar refractivity (Wildman–Crippen MR) is 129 cm³/mol. The first-order valence-electron chi connectivity index (χ1n) is 10.5. The third-order valence-electron chi connectivity index (χ3n) is 5.51. The van der Waals surface area contributed by atoms with E-state index in [1.54, 1.807) is 0 Å². The number of esters is 1. The minimum atomic E-state index is -0.456. The van der Waals surface area contributed by atoms with E-state index in [-0.39, 0.29) is 11.8 Å². The summed E-state index contributed by atoms with van der Waals surface area (Å²) in [7, 11) is 3.42. The summed E-state index contributed by atoms with van der Waals surface area (Å²) in [5.41, 5.74) is 1.44. The summed E-state index contributed by atoms with van der Waals surface area (Å²) in [5.74, 6) is -0.449. The highest BCUT2D eigenvalue weighted by molar-refractivity contribution is 7.21. The van der Waals surface area contributed by atoms with Gasteiger partial charge in [0.15, 0.2) is 0 Å². The van der Waals surface area contributed by atoms with Gasteiger partial charge in [0, 0.05) is 34.0 Å². The minimum absolute atomic E-state index is 0.0398. The predicted octanol–water partition coefficient (Wildman–Crippen LogP) is 5.28. The van der Waals surface area contributed by atoms with Crippen molar-refractivity contribution in [1.29, 1.82) is 0 Å². The summed E-state index contributed by atoms with van der Waals surface area (Å²) in [6, 6.07) is 14.6. The fraction of sp³-hybridized carbons (Fsp3) is 0.292. The van der Waals surface area contributed by atoms with Crippen molar-refractivity contribution < 1.29 is 14.3 Å². The van der Waals surface area contributed by atoms with Crippen molar-refractivity contribution in [2.24, 2.45) is 5.92 Å². The second-order valence-electron chi connectivity index (χ2n) is 8.14. The maximum atomic E-state index is 12.3. The van der Waals surface area contributed by atoms with Crippen LogP contribution in [-0.2, 0) is 22.6 Å². The molecule has 1 aliphatic rings. The maximum Gasteiger partial charge on any atom is 0.350 e. The van der Waals surface area contributed by atoms with Gasteiger partial charge < -0.3 is 10.1 Å². The van der Waals surface area contributed by atoms with Crippen LogP contribution in [0.2, 0.25) is 0 Å². The van der Waals surface area contributed by atoms with E-state index in [0.29, 0.717) is 17.1 Å². The van der Waals surface area contributed by atoms with Crippen LogP contribution in [-0.4, -0.2) is 35.9 Å². The Bertz CT molecular complexity index is 1290. The Balaban J connectivity index is 1.37. The second kappa shape index (κ2) is 8.61. The number of aromatic nitrogens is 1. The Kier molecular flexibility index (Phi) is 5.67. The molecule has 1 saturated carbocycles. The lowest BCUT2D eigenvalue weighted by Crippen LogP contribution is -2.17. The average molecular weight is 466 g/mol. The number of carbonyl (C=O) groups excluding carboxylic acids is 2. The van der Waals surface area contributed by atoms with Gasteiger partial charge >= 0.3 is 5.97 Å². The highest BCUT2D eigenvalue weighted by atomic mass is 32.1. The number of fused-ring (bicyclic) bond motifs is 2. The number of carbonyl (C=O) groups is 2. The lowest BCUT2D eigenvalue weighted by atomic mass is 10.2. The molecule has 3 heterocycles. The number of rotatable bonds is 7. The van der Waals surface area contributed by atoms with Gasteiger partial charge in [-0.25, -0.2) is 9.78 Å². The van der Waals surface area contributed by atoms with Gasteiger partial charge in [0.2, 0.25) is 5.91 Å². The number of anilines is 1. The van der Waals surface area contributed by atoms with Gasteiger partial charge in [-0.2, -0.15) is 0 Å². The summed E-state index contributed by atoms with van der Waals surface area (Å²) < 4.78 is 6.23. The van der Waals surface area contributed by atoms with Crippen molar-refractivity contribution in [2.75, 3.05) is 19.5 Å². The lowest BCUT2D eigenvalue weighted by molar-refractivity contribution is -0.117. The van der Waals surface area contributed by atoms with Crippen LogP contribution >= 0.6 is 22.7 Å².